The topological polar surface area (TPSA) is 67.7 Å². The van der Waals surface area contributed by atoms with Crippen LogP contribution in [0.4, 0.5) is 4.39 Å². The Morgan fingerprint density at radius 1 is 1.53 bits per heavy atom. The SMILES string of the molecule is N=C(N)c1cccc(Cn2cc(Br)cn2)c1F. The van der Waals surface area contributed by atoms with E-state index >= 15 is 0 Å². The van der Waals surface area contributed by atoms with E-state index in [4.69, 9.17) is 11.1 Å². The van der Waals surface area contributed by atoms with Crippen LogP contribution in [0.25, 0.3) is 0 Å². The van der Waals surface area contributed by atoms with E-state index in [1.165, 1.54) is 6.07 Å². The Labute approximate surface area is 106 Å². The van der Waals surface area contributed by atoms with Crippen molar-refractivity contribution < 1.29 is 4.39 Å². The van der Waals surface area contributed by atoms with Crippen molar-refractivity contribution in [2.45, 2.75) is 6.54 Å². The van der Waals surface area contributed by atoms with Gasteiger partial charge in [0, 0.05) is 11.8 Å². The van der Waals surface area contributed by atoms with Crippen LogP contribution in [-0.4, -0.2) is 15.6 Å². The predicted molar refractivity (Wildman–Crippen MR) is 66.4 cm³/mol. The maximum Gasteiger partial charge on any atom is 0.139 e. The second kappa shape index (κ2) is 4.67. The number of rotatable bonds is 3. The van der Waals surface area contributed by atoms with Gasteiger partial charge in [-0.05, 0) is 22.0 Å². The summed E-state index contributed by atoms with van der Waals surface area (Å²) in [6.45, 7) is 0.304. The summed E-state index contributed by atoms with van der Waals surface area (Å²) in [5.41, 5.74) is 5.87. The molecule has 6 heteroatoms. The molecule has 4 nitrogen and oxygen atoms in total. The molecule has 0 saturated carbocycles. The van der Waals surface area contributed by atoms with Gasteiger partial charge < -0.3 is 5.73 Å². The lowest BCUT2D eigenvalue weighted by Gasteiger charge is -2.07. The molecule has 0 radical (unpaired) electrons. The van der Waals surface area contributed by atoms with Gasteiger partial charge in [0.2, 0.25) is 0 Å². The summed E-state index contributed by atoms with van der Waals surface area (Å²) in [6.07, 6.45) is 3.38. The maximum atomic E-state index is 13.9. The number of hydrogen-bond donors (Lipinski definition) is 2. The van der Waals surface area contributed by atoms with Crippen molar-refractivity contribution in [2.75, 3.05) is 0 Å². The molecular weight excluding hydrogens is 287 g/mol. The van der Waals surface area contributed by atoms with Crippen LogP contribution in [0.15, 0.2) is 35.1 Å². The Hall–Kier alpha value is -1.69. The minimum atomic E-state index is -0.466. The summed E-state index contributed by atoms with van der Waals surface area (Å²) in [4.78, 5) is 0. The molecule has 0 aliphatic carbocycles. The zero-order chi connectivity index (χ0) is 12.4. The highest BCUT2D eigenvalue weighted by molar-refractivity contribution is 9.10. The molecule has 0 bridgehead atoms. The number of nitrogens with zero attached hydrogens (tertiary/aromatic N) is 2. The van der Waals surface area contributed by atoms with Crippen LogP contribution in [-0.2, 0) is 6.54 Å². The van der Waals surface area contributed by atoms with E-state index in [1.54, 1.807) is 29.2 Å². The van der Waals surface area contributed by atoms with Crippen molar-refractivity contribution >= 4 is 21.8 Å². The molecule has 1 aromatic carbocycles. The summed E-state index contributed by atoms with van der Waals surface area (Å²) in [6, 6.07) is 4.81. The molecule has 0 unspecified atom stereocenters. The molecule has 2 aromatic rings. The highest BCUT2D eigenvalue weighted by Crippen LogP contribution is 2.15. The van der Waals surface area contributed by atoms with E-state index in [1.807, 2.05) is 0 Å². The van der Waals surface area contributed by atoms with Crippen molar-refractivity contribution in [3.63, 3.8) is 0 Å². The third-order valence-electron chi connectivity index (χ3n) is 2.30. The van der Waals surface area contributed by atoms with E-state index in [9.17, 15) is 4.39 Å². The minimum absolute atomic E-state index is 0.119. The molecule has 0 saturated heterocycles. The fraction of sp³-hybridized carbons (Fsp3) is 0.0909. The lowest BCUT2D eigenvalue weighted by molar-refractivity contribution is 0.583. The first-order chi connectivity index (χ1) is 8.08. The van der Waals surface area contributed by atoms with Crippen molar-refractivity contribution in [3.05, 3.63) is 52.0 Å². The fourth-order valence-corrected chi connectivity index (χ4v) is 1.84. The average molecular weight is 297 g/mol. The first kappa shape index (κ1) is 11.8. The lowest BCUT2D eigenvalue weighted by Crippen LogP contribution is -2.15. The monoisotopic (exact) mass is 296 g/mol. The number of hydrogen-bond acceptors (Lipinski definition) is 2. The van der Waals surface area contributed by atoms with E-state index in [0.717, 1.165) is 4.47 Å². The quantitative estimate of drug-likeness (QED) is 0.673. The van der Waals surface area contributed by atoms with Gasteiger partial charge in [0.15, 0.2) is 0 Å². The number of nitrogen functional groups attached to an aromatic ring is 1. The molecule has 17 heavy (non-hydrogen) atoms. The number of benzene rings is 1. The zero-order valence-corrected chi connectivity index (χ0v) is 10.4. The average Bonchev–Trinajstić information content (AvgIpc) is 2.67. The Balaban J connectivity index is 2.33. The highest BCUT2D eigenvalue weighted by atomic mass is 79.9. The normalized spacial score (nSPS) is 10.5. The van der Waals surface area contributed by atoms with E-state index in [2.05, 4.69) is 21.0 Å². The number of amidine groups is 1. The van der Waals surface area contributed by atoms with Gasteiger partial charge in [0.05, 0.1) is 22.8 Å². The van der Waals surface area contributed by atoms with Crippen LogP contribution in [0.1, 0.15) is 11.1 Å². The Morgan fingerprint density at radius 3 is 2.88 bits per heavy atom. The number of aromatic nitrogens is 2. The Kier molecular flexibility index (Phi) is 3.23. The van der Waals surface area contributed by atoms with Crippen LogP contribution in [0.2, 0.25) is 0 Å². The third-order valence-corrected chi connectivity index (χ3v) is 2.71. The van der Waals surface area contributed by atoms with Crippen molar-refractivity contribution in [2.24, 2.45) is 5.73 Å². The van der Waals surface area contributed by atoms with Gasteiger partial charge >= 0.3 is 0 Å². The second-order valence-corrected chi connectivity index (χ2v) is 4.46. The number of nitrogens with two attached hydrogens (primary N) is 1. The van der Waals surface area contributed by atoms with Crippen LogP contribution >= 0.6 is 15.9 Å². The molecular formula is C11H10BrFN4. The molecule has 0 fully saturated rings. The van der Waals surface area contributed by atoms with Gasteiger partial charge in [-0.2, -0.15) is 5.10 Å². The summed E-state index contributed by atoms with van der Waals surface area (Å²) in [5.74, 6) is -0.738. The van der Waals surface area contributed by atoms with Crippen LogP contribution in [0.3, 0.4) is 0 Å². The first-order valence-electron chi connectivity index (χ1n) is 4.87. The van der Waals surface area contributed by atoms with Gasteiger partial charge in [-0.15, -0.1) is 0 Å². The van der Waals surface area contributed by atoms with Gasteiger partial charge in [0.25, 0.3) is 0 Å². The smallest absolute Gasteiger partial charge is 0.139 e. The van der Waals surface area contributed by atoms with Crippen molar-refractivity contribution in [1.82, 2.24) is 9.78 Å². The molecule has 3 N–H and O–H groups in total. The molecule has 0 aliphatic heterocycles. The molecule has 2 rings (SSSR count). The Morgan fingerprint density at radius 2 is 2.29 bits per heavy atom. The fourth-order valence-electron chi connectivity index (χ4n) is 1.51. The van der Waals surface area contributed by atoms with Crippen LogP contribution in [0, 0.1) is 11.2 Å². The van der Waals surface area contributed by atoms with Gasteiger partial charge in [0.1, 0.15) is 11.7 Å². The summed E-state index contributed by atoms with van der Waals surface area (Å²) < 4.78 is 16.4. The minimum Gasteiger partial charge on any atom is -0.384 e. The maximum absolute atomic E-state index is 13.9. The van der Waals surface area contributed by atoms with E-state index < -0.39 is 5.82 Å². The van der Waals surface area contributed by atoms with Crippen molar-refractivity contribution in [1.29, 1.82) is 5.41 Å². The van der Waals surface area contributed by atoms with Gasteiger partial charge in [-0.3, -0.25) is 10.1 Å². The van der Waals surface area contributed by atoms with Gasteiger partial charge in [-0.1, -0.05) is 12.1 Å². The molecule has 1 heterocycles. The van der Waals surface area contributed by atoms with E-state index in [-0.39, 0.29) is 11.4 Å². The molecule has 0 amide bonds. The largest absolute Gasteiger partial charge is 0.384 e. The van der Waals surface area contributed by atoms with Gasteiger partial charge in [-0.25, -0.2) is 4.39 Å². The zero-order valence-electron chi connectivity index (χ0n) is 8.82. The molecule has 0 spiro atoms. The lowest BCUT2D eigenvalue weighted by atomic mass is 10.1. The summed E-state index contributed by atoms with van der Waals surface area (Å²) >= 11 is 3.27. The summed E-state index contributed by atoms with van der Waals surface area (Å²) in [5, 5.41) is 11.3. The number of halogens is 2. The van der Waals surface area contributed by atoms with Crippen LogP contribution in [0.5, 0.6) is 0 Å². The molecule has 88 valence electrons. The third kappa shape index (κ3) is 2.52. The highest BCUT2D eigenvalue weighted by Gasteiger charge is 2.10. The van der Waals surface area contributed by atoms with Crippen molar-refractivity contribution in [3.8, 4) is 0 Å². The van der Waals surface area contributed by atoms with E-state index in [0.29, 0.717) is 12.1 Å². The molecule has 0 aliphatic rings. The molecule has 1 aromatic heterocycles. The number of nitrogens with one attached hydrogen (secondary N) is 1. The summed E-state index contributed by atoms with van der Waals surface area (Å²) in [7, 11) is 0. The standard InChI is InChI=1S/C11H10BrFN4/c12-8-4-16-17(6-8)5-7-2-1-3-9(10(7)13)11(14)15/h1-4,6H,5H2,(H3,14,15). The Bertz CT molecular complexity index is 564. The second-order valence-electron chi connectivity index (χ2n) is 3.55. The predicted octanol–water partition coefficient (Wildman–Crippen LogP) is 2.12. The van der Waals surface area contributed by atoms with Crippen LogP contribution < -0.4 is 5.73 Å². The first-order valence-corrected chi connectivity index (χ1v) is 5.67. The molecule has 0 atom stereocenters.